The molecular weight excluding hydrogens is 478 g/mol. The number of thiocarbonyl (C=S) groups is 1. The topological polar surface area (TPSA) is 124 Å². The lowest BCUT2D eigenvalue weighted by Crippen LogP contribution is -2.54. The number of furan rings is 1. The molecule has 0 radical (unpaired) electrons. The third-order valence-corrected chi connectivity index (χ3v) is 6.01. The van der Waals surface area contributed by atoms with E-state index in [4.69, 9.17) is 28.2 Å². The maximum absolute atomic E-state index is 12.6. The van der Waals surface area contributed by atoms with Crippen LogP contribution in [0.1, 0.15) is 19.6 Å². The molecule has 168 valence electrons. The summed E-state index contributed by atoms with van der Waals surface area (Å²) >= 11 is 12.6. The minimum Gasteiger partial charge on any atom is -0.401 e. The van der Waals surface area contributed by atoms with Gasteiger partial charge >= 0.3 is 11.9 Å². The molecule has 0 saturated carbocycles. The summed E-state index contributed by atoms with van der Waals surface area (Å²) < 4.78 is 4.70. The van der Waals surface area contributed by atoms with Crippen LogP contribution >= 0.6 is 35.6 Å². The maximum Gasteiger partial charge on any atom is 0.433 e. The number of hydrogen-bond donors (Lipinski definition) is 2. The number of carbonyl (C=O) groups excluding carboxylic acids is 1. The van der Waals surface area contributed by atoms with E-state index in [2.05, 4.69) is 10.4 Å². The van der Waals surface area contributed by atoms with Crippen LogP contribution in [-0.2, 0) is 0 Å². The highest BCUT2D eigenvalue weighted by Crippen LogP contribution is 2.42. The van der Waals surface area contributed by atoms with Crippen LogP contribution in [0.25, 0.3) is 6.08 Å². The number of hydrogen-bond acceptors (Lipinski definition) is 8. The first-order valence-electron chi connectivity index (χ1n) is 9.10. The molecule has 1 aromatic heterocycles. The first-order chi connectivity index (χ1) is 15.1. The molecule has 1 saturated heterocycles. The number of halogens is 1. The summed E-state index contributed by atoms with van der Waals surface area (Å²) in [6.07, 6.45) is 3.43. The molecular formula is C19H18ClN5O5S2. The molecule has 3 rings (SSSR count). The molecule has 32 heavy (non-hydrogen) atoms. The lowest BCUT2D eigenvalue weighted by molar-refractivity contribution is -0.402. The van der Waals surface area contributed by atoms with Crippen LogP contribution in [0.15, 0.2) is 52.0 Å². The van der Waals surface area contributed by atoms with Crippen LogP contribution in [0, 0.1) is 10.1 Å². The average molecular weight is 496 g/mol. The number of nitrogens with zero attached hydrogens (tertiary/aromatic N) is 4. The van der Waals surface area contributed by atoms with Gasteiger partial charge in [0.1, 0.15) is 10.7 Å². The highest BCUT2D eigenvalue weighted by atomic mass is 35.5. The Bertz CT molecular complexity index is 1100. The Kier molecular flexibility index (Phi) is 7.19. The van der Waals surface area contributed by atoms with E-state index in [9.17, 15) is 20.1 Å². The predicted octanol–water partition coefficient (Wildman–Crippen LogP) is 5.20. The summed E-state index contributed by atoms with van der Waals surface area (Å²) in [6, 6.07) is 8.41. The number of allylic oxidation sites excluding steroid dienone is 1. The lowest BCUT2D eigenvalue weighted by Gasteiger charge is -2.34. The second-order valence-corrected chi connectivity index (χ2v) is 9.76. The van der Waals surface area contributed by atoms with Gasteiger partial charge in [0.15, 0.2) is 10.5 Å². The van der Waals surface area contributed by atoms with Gasteiger partial charge in [-0.05, 0) is 50.3 Å². The van der Waals surface area contributed by atoms with Crippen molar-refractivity contribution in [2.45, 2.75) is 24.8 Å². The van der Waals surface area contributed by atoms with Gasteiger partial charge in [0, 0.05) is 16.9 Å². The van der Waals surface area contributed by atoms with Crippen molar-refractivity contribution in [2.75, 3.05) is 5.32 Å². The van der Waals surface area contributed by atoms with Crippen molar-refractivity contribution in [1.29, 1.82) is 0 Å². The van der Waals surface area contributed by atoms with Crippen molar-refractivity contribution < 1.29 is 19.3 Å². The zero-order chi connectivity index (χ0) is 23.5. The third-order valence-electron chi connectivity index (χ3n) is 4.24. The van der Waals surface area contributed by atoms with Gasteiger partial charge < -0.3 is 9.73 Å². The summed E-state index contributed by atoms with van der Waals surface area (Å²) in [7, 11) is 0. The predicted molar refractivity (Wildman–Crippen MR) is 127 cm³/mol. The Morgan fingerprint density at radius 3 is 2.88 bits per heavy atom. The number of hydroxylamine groups is 2. The van der Waals surface area contributed by atoms with E-state index in [1.165, 1.54) is 47.3 Å². The van der Waals surface area contributed by atoms with Crippen LogP contribution < -0.4 is 5.32 Å². The minimum absolute atomic E-state index is 0.267. The quantitative estimate of drug-likeness (QED) is 0.184. The zero-order valence-corrected chi connectivity index (χ0v) is 19.2. The largest absolute Gasteiger partial charge is 0.433 e. The summed E-state index contributed by atoms with van der Waals surface area (Å²) in [5.74, 6) is -0.106. The highest BCUT2D eigenvalue weighted by molar-refractivity contribution is 8.24. The van der Waals surface area contributed by atoms with Crippen LogP contribution in [0.2, 0.25) is 5.02 Å². The minimum atomic E-state index is -0.909. The highest BCUT2D eigenvalue weighted by Gasteiger charge is 2.50. The number of carbonyl (C=O) groups is 1. The number of benzene rings is 1. The fraction of sp³-hybridized carbons (Fsp3) is 0.211. The molecule has 1 aliphatic rings. The smallest absolute Gasteiger partial charge is 0.401 e. The first-order valence-corrected chi connectivity index (χ1v) is 10.7. The Morgan fingerprint density at radius 1 is 1.47 bits per heavy atom. The van der Waals surface area contributed by atoms with Gasteiger partial charge in [-0.25, -0.2) is 9.80 Å². The number of nitro groups is 1. The molecule has 0 bridgehead atoms. The van der Waals surface area contributed by atoms with Gasteiger partial charge in [-0.2, -0.15) is 10.2 Å². The van der Waals surface area contributed by atoms with E-state index in [1.807, 2.05) is 13.8 Å². The number of anilines is 1. The van der Waals surface area contributed by atoms with Gasteiger partial charge in [-0.1, -0.05) is 41.6 Å². The van der Waals surface area contributed by atoms with Crippen LogP contribution in [0.3, 0.4) is 0 Å². The molecule has 0 spiro atoms. The van der Waals surface area contributed by atoms with E-state index < -0.39 is 21.9 Å². The van der Waals surface area contributed by atoms with Crippen molar-refractivity contribution in [3.05, 3.63) is 63.4 Å². The fourth-order valence-corrected chi connectivity index (χ4v) is 4.84. The van der Waals surface area contributed by atoms with E-state index in [0.717, 1.165) is 0 Å². The first kappa shape index (κ1) is 23.7. The van der Waals surface area contributed by atoms with Gasteiger partial charge in [-0.15, -0.1) is 0 Å². The van der Waals surface area contributed by atoms with E-state index in [0.29, 0.717) is 20.1 Å². The Balaban J connectivity index is 1.74. The number of hydrazone groups is 1. The monoisotopic (exact) mass is 495 g/mol. The molecule has 2 aromatic rings. The van der Waals surface area contributed by atoms with Crippen LogP contribution in [0.4, 0.5) is 16.4 Å². The molecule has 2 amide bonds. The molecule has 2 N–H and O–H groups in total. The van der Waals surface area contributed by atoms with E-state index >= 15 is 0 Å². The molecule has 1 atom stereocenters. The Labute approximate surface area is 197 Å². The second-order valence-electron chi connectivity index (χ2n) is 7.03. The number of amides is 2. The maximum atomic E-state index is 12.6. The molecule has 1 fully saturated rings. The van der Waals surface area contributed by atoms with Crippen molar-refractivity contribution in [3.63, 3.8) is 0 Å². The van der Waals surface area contributed by atoms with Gasteiger partial charge in [0.2, 0.25) is 0 Å². The molecule has 2 heterocycles. The third kappa shape index (κ3) is 5.46. The number of nitrogens with one attached hydrogen (secondary N) is 1. The molecule has 1 aromatic carbocycles. The SMILES string of the molecule is CC1(C)SC(=S)N(/N=C\C=C\c2ccc([N+](=O)[O-])o2)[C@@H]1N(O)C(=O)Nc1cccc(Cl)c1. The number of rotatable bonds is 6. The Morgan fingerprint density at radius 2 is 2.22 bits per heavy atom. The van der Waals surface area contributed by atoms with Crippen molar-refractivity contribution in [2.24, 2.45) is 5.10 Å². The average Bonchev–Trinajstić information content (AvgIpc) is 3.26. The normalized spacial score (nSPS) is 17.9. The summed E-state index contributed by atoms with van der Waals surface area (Å²) in [5, 5.41) is 30.5. The van der Waals surface area contributed by atoms with Gasteiger partial charge in [-0.3, -0.25) is 15.3 Å². The molecule has 0 unspecified atom stereocenters. The van der Waals surface area contributed by atoms with E-state index in [1.54, 1.807) is 24.3 Å². The Hall–Kier alpha value is -2.93. The standard InChI is InChI=1S/C19H18ClN5O5S2/c1-19(2)16(24(27)17(26)22-13-6-3-5-12(20)11-13)23(18(31)32-19)21-10-4-7-14-8-9-15(30-14)25(28)29/h3-11,16,27H,1-2H3,(H,22,26)/b7-4+,21-10-/t16-/m1/s1. The molecule has 10 nitrogen and oxygen atoms in total. The van der Waals surface area contributed by atoms with Crippen molar-refractivity contribution >= 4 is 69.8 Å². The van der Waals surface area contributed by atoms with Crippen LogP contribution in [0.5, 0.6) is 0 Å². The number of urea groups is 1. The van der Waals surface area contributed by atoms with Gasteiger partial charge in [0.05, 0.1) is 10.8 Å². The molecule has 13 heteroatoms. The lowest BCUT2D eigenvalue weighted by atomic mass is 10.1. The molecule has 1 aliphatic heterocycles. The summed E-state index contributed by atoms with van der Waals surface area (Å²) in [6.45, 7) is 3.63. The van der Waals surface area contributed by atoms with Crippen molar-refractivity contribution in [3.8, 4) is 0 Å². The zero-order valence-electron chi connectivity index (χ0n) is 16.8. The van der Waals surface area contributed by atoms with Crippen LogP contribution in [-0.4, -0.2) is 47.7 Å². The number of thioether (sulfide) groups is 1. The molecule has 0 aliphatic carbocycles. The van der Waals surface area contributed by atoms with E-state index in [-0.39, 0.29) is 11.6 Å². The summed E-state index contributed by atoms with van der Waals surface area (Å²) in [5.41, 5.74) is 0.415. The second kappa shape index (κ2) is 9.69. The fourth-order valence-electron chi connectivity index (χ4n) is 2.86. The van der Waals surface area contributed by atoms with Gasteiger partial charge in [0.25, 0.3) is 0 Å². The van der Waals surface area contributed by atoms with Crippen molar-refractivity contribution in [1.82, 2.24) is 10.1 Å². The summed E-state index contributed by atoms with van der Waals surface area (Å²) in [4.78, 5) is 22.7.